The number of nitrogens with one attached hydrogen (secondary N) is 1. The quantitative estimate of drug-likeness (QED) is 0.621. The molecule has 0 unspecified atom stereocenters. The van der Waals surface area contributed by atoms with E-state index in [2.05, 4.69) is 5.32 Å². The zero-order valence-electron chi connectivity index (χ0n) is 15.6. The van der Waals surface area contributed by atoms with Crippen LogP contribution in [0.1, 0.15) is 22.8 Å². The molecule has 3 aromatic rings. The van der Waals surface area contributed by atoms with Crippen LogP contribution in [-0.2, 0) is 22.6 Å². The van der Waals surface area contributed by atoms with Gasteiger partial charge in [0, 0.05) is 17.7 Å². The molecule has 6 nitrogen and oxygen atoms in total. The molecule has 0 spiro atoms. The molecule has 4 N–H and O–H groups in total. The average molecular weight is 388 g/mol. The predicted octanol–water partition coefficient (Wildman–Crippen LogP) is 3.51. The smallest absolute Gasteiger partial charge is 0.307 e. The highest BCUT2D eigenvalue weighted by Gasteiger charge is 2.31. The number of carboxylic acid groups (broad SMARTS) is 1. The van der Waals surface area contributed by atoms with Gasteiger partial charge in [0.2, 0.25) is 6.10 Å². The molecule has 0 aromatic heterocycles. The van der Waals surface area contributed by atoms with E-state index in [1.807, 2.05) is 48.5 Å². The van der Waals surface area contributed by atoms with Gasteiger partial charge < -0.3 is 20.9 Å². The van der Waals surface area contributed by atoms with E-state index in [-0.39, 0.29) is 12.3 Å². The molecule has 1 heterocycles. The Hall–Kier alpha value is -3.64. The lowest BCUT2D eigenvalue weighted by molar-refractivity contribution is -0.136. The summed E-state index contributed by atoms with van der Waals surface area (Å²) >= 11 is 0. The molecule has 0 fully saturated rings. The van der Waals surface area contributed by atoms with Crippen molar-refractivity contribution in [1.29, 1.82) is 0 Å². The molecule has 1 aliphatic heterocycles. The molecule has 0 aliphatic carbocycles. The van der Waals surface area contributed by atoms with Gasteiger partial charge in [-0.3, -0.25) is 9.59 Å². The van der Waals surface area contributed by atoms with Crippen LogP contribution < -0.4 is 15.8 Å². The summed E-state index contributed by atoms with van der Waals surface area (Å²) in [5, 5.41) is 12.0. The first-order valence-electron chi connectivity index (χ1n) is 9.25. The van der Waals surface area contributed by atoms with Gasteiger partial charge in [0.25, 0.3) is 5.91 Å². The van der Waals surface area contributed by atoms with E-state index in [4.69, 9.17) is 15.6 Å². The fourth-order valence-electron chi connectivity index (χ4n) is 3.47. The second kappa shape index (κ2) is 7.77. The van der Waals surface area contributed by atoms with Crippen molar-refractivity contribution in [3.8, 4) is 16.9 Å². The molecule has 29 heavy (non-hydrogen) atoms. The van der Waals surface area contributed by atoms with Crippen LogP contribution in [0.4, 0.5) is 5.69 Å². The van der Waals surface area contributed by atoms with E-state index in [0.717, 1.165) is 16.7 Å². The van der Waals surface area contributed by atoms with Gasteiger partial charge in [0.1, 0.15) is 5.75 Å². The van der Waals surface area contributed by atoms with Gasteiger partial charge >= 0.3 is 5.97 Å². The normalized spacial score (nSPS) is 15.2. The molecule has 1 amide bonds. The lowest BCUT2D eigenvalue weighted by Gasteiger charge is -2.28. The highest BCUT2D eigenvalue weighted by atomic mass is 16.5. The molecule has 4 rings (SSSR count). The Bertz CT molecular complexity index is 1090. The van der Waals surface area contributed by atoms with Crippen molar-refractivity contribution >= 4 is 17.6 Å². The highest BCUT2D eigenvalue weighted by molar-refractivity contribution is 5.99. The summed E-state index contributed by atoms with van der Waals surface area (Å²) in [7, 11) is 0. The predicted molar refractivity (Wildman–Crippen MR) is 110 cm³/mol. The number of benzene rings is 3. The summed E-state index contributed by atoms with van der Waals surface area (Å²) in [5.41, 5.74) is 10.4. The van der Waals surface area contributed by atoms with Crippen LogP contribution in [0.5, 0.6) is 5.75 Å². The largest absolute Gasteiger partial charge is 0.481 e. The van der Waals surface area contributed by atoms with E-state index in [1.54, 1.807) is 18.2 Å². The van der Waals surface area contributed by atoms with Crippen LogP contribution in [0, 0.1) is 0 Å². The Kier molecular flexibility index (Phi) is 5.01. The Morgan fingerprint density at radius 2 is 1.76 bits per heavy atom. The number of rotatable bonds is 5. The summed E-state index contributed by atoms with van der Waals surface area (Å²) in [6.07, 6.45) is -1.05. The standard InChI is InChI=1S/C23H20N2O4/c24-13-14-4-1-5-15(10-14)16-6-2-7-17(11-16)22-23(28)25-19-9-3-8-18(12-20(26)27)21(19)29-22/h1-11,22H,12-13,24H2,(H,25,28)(H,26,27)/t22-/m0/s1. The van der Waals surface area contributed by atoms with E-state index < -0.39 is 12.1 Å². The van der Waals surface area contributed by atoms with Gasteiger partial charge in [-0.15, -0.1) is 0 Å². The van der Waals surface area contributed by atoms with Crippen LogP contribution in [0.25, 0.3) is 11.1 Å². The Balaban J connectivity index is 1.69. The van der Waals surface area contributed by atoms with Crippen molar-refractivity contribution in [3.63, 3.8) is 0 Å². The maximum atomic E-state index is 12.7. The van der Waals surface area contributed by atoms with Gasteiger partial charge in [-0.2, -0.15) is 0 Å². The molecule has 3 aromatic carbocycles. The number of hydrogen-bond acceptors (Lipinski definition) is 4. The molecule has 146 valence electrons. The first kappa shape index (κ1) is 18.7. The summed E-state index contributed by atoms with van der Waals surface area (Å²) in [5.74, 6) is -0.856. The number of ether oxygens (including phenoxy) is 1. The fourth-order valence-corrected chi connectivity index (χ4v) is 3.47. The minimum atomic E-state index is -0.961. The molecule has 0 saturated heterocycles. The minimum Gasteiger partial charge on any atom is -0.481 e. The van der Waals surface area contributed by atoms with Gasteiger partial charge in [0.15, 0.2) is 0 Å². The molecule has 0 bridgehead atoms. The molecule has 0 radical (unpaired) electrons. The number of carbonyl (C=O) groups is 2. The lowest BCUT2D eigenvalue weighted by Crippen LogP contribution is -2.30. The van der Waals surface area contributed by atoms with Crippen molar-refractivity contribution in [1.82, 2.24) is 0 Å². The van der Waals surface area contributed by atoms with Crippen molar-refractivity contribution in [3.05, 3.63) is 83.4 Å². The fraction of sp³-hybridized carbons (Fsp3) is 0.130. The Morgan fingerprint density at radius 1 is 1.03 bits per heavy atom. The third-order valence-electron chi connectivity index (χ3n) is 4.86. The van der Waals surface area contributed by atoms with Crippen molar-refractivity contribution in [2.75, 3.05) is 5.32 Å². The van der Waals surface area contributed by atoms with E-state index in [0.29, 0.717) is 29.1 Å². The second-order valence-electron chi connectivity index (χ2n) is 6.88. The maximum absolute atomic E-state index is 12.7. The number of fused-ring (bicyclic) bond motifs is 1. The number of amides is 1. The Labute approximate surface area is 167 Å². The van der Waals surface area contributed by atoms with Gasteiger partial charge in [-0.25, -0.2) is 0 Å². The van der Waals surface area contributed by atoms with E-state index in [1.165, 1.54) is 0 Å². The van der Waals surface area contributed by atoms with Gasteiger partial charge in [-0.05, 0) is 34.9 Å². The number of anilines is 1. The molecular formula is C23H20N2O4. The minimum absolute atomic E-state index is 0.183. The van der Waals surface area contributed by atoms with Crippen LogP contribution in [0.15, 0.2) is 66.7 Å². The number of aliphatic carboxylic acids is 1. The molecule has 1 aliphatic rings. The van der Waals surface area contributed by atoms with Crippen molar-refractivity contribution < 1.29 is 19.4 Å². The summed E-state index contributed by atoms with van der Waals surface area (Å²) in [6, 6.07) is 20.6. The molecule has 0 saturated carbocycles. The zero-order chi connectivity index (χ0) is 20.4. The van der Waals surface area contributed by atoms with Crippen LogP contribution >= 0.6 is 0 Å². The SMILES string of the molecule is NCc1cccc(-c2cccc([C@@H]3Oc4c(CC(=O)O)cccc4NC3=O)c2)c1. The van der Waals surface area contributed by atoms with E-state index in [9.17, 15) is 9.59 Å². The van der Waals surface area contributed by atoms with Crippen LogP contribution in [0.2, 0.25) is 0 Å². The molecule has 1 atom stereocenters. The topological polar surface area (TPSA) is 102 Å². The lowest BCUT2D eigenvalue weighted by atomic mass is 9.98. The number of para-hydroxylation sites is 1. The molecule has 6 heteroatoms. The van der Waals surface area contributed by atoms with Crippen LogP contribution in [0.3, 0.4) is 0 Å². The monoisotopic (exact) mass is 388 g/mol. The summed E-state index contributed by atoms with van der Waals surface area (Å²) in [6.45, 7) is 0.449. The van der Waals surface area contributed by atoms with Gasteiger partial charge in [0.05, 0.1) is 12.1 Å². The third kappa shape index (κ3) is 3.83. The number of carboxylic acids is 1. The Morgan fingerprint density at radius 3 is 2.52 bits per heavy atom. The van der Waals surface area contributed by atoms with E-state index >= 15 is 0 Å². The number of nitrogens with two attached hydrogens (primary N) is 1. The highest BCUT2D eigenvalue weighted by Crippen LogP contribution is 2.38. The van der Waals surface area contributed by atoms with Crippen molar-refractivity contribution in [2.45, 2.75) is 19.1 Å². The molecular weight excluding hydrogens is 368 g/mol. The summed E-state index contributed by atoms with van der Waals surface area (Å²) in [4.78, 5) is 23.8. The van der Waals surface area contributed by atoms with Crippen LogP contribution in [-0.4, -0.2) is 17.0 Å². The first-order valence-corrected chi connectivity index (χ1v) is 9.25. The van der Waals surface area contributed by atoms with Gasteiger partial charge in [-0.1, -0.05) is 48.5 Å². The third-order valence-corrected chi connectivity index (χ3v) is 4.86. The number of carbonyl (C=O) groups excluding carboxylic acids is 1. The number of hydrogen-bond donors (Lipinski definition) is 3. The van der Waals surface area contributed by atoms with Crippen molar-refractivity contribution in [2.24, 2.45) is 5.73 Å². The first-order chi connectivity index (χ1) is 14.0. The maximum Gasteiger partial charge on any atom is 0.307 e. The summed E-state index contributed by atoms with van der Waals surface area (Å²) < 4.78 is 6.00. The second-order valence-corrected chi connectivity index (χ2v) is 6.88. The average Bonchev–Trinajstić information content (AvgIpc) is 2.73. The zero-order valence-corrected chi connectivity index (χ0v) is 15.6.